The van der Waals surface area contributed by atoms with Gasteiger partial charge in [-0.05, 0) is 44.2 Å². The molecule has 2 fully saturated rings. The molecule has 2 aromatic rings. The zero-order valence-corrected chi connectivity index (χ0v) is 16.9. The van der Waals surface area contributed by atoms with Gasteiger partial charge in [-0.3, -0.25) is 9.59 Å². The Balaban J connectivity index is 0.00000210. The van der Waals surface area contributed by atoms with E-state index in [0.717, 1.165) is 61.0 Å². The summed E-state index contributed by atoms with van der Waals surface area (Å²) in [5, 5.41) is 9.33. The van der Waals surface area contributed by atoms with Gasteiger partial charge in [0, 0.05) is 35.1 Å². The van der Waals surface area contributed by atoms with E-state index in [0.29, 0.717) is 12.5 Å². The minimum absolute atomic E-state index is 0. The lowest BCUT2D eigenvalue weighted by Crippen LogP contribution is -2.46. The number of halogens is 1. The minimum atomic E-state index is -0.0338. The van der Waals surface area contributed by atoms with E-state index in [1.165, 1.54) is 0 Å². The van der Waals surface area contributed by atoms with Gasteiger partial charge in [0.1, 0.15) is 0 Å². The lowest BCUT2D eigenvalue weighted by Gasteiger charge is -2.33. The first kappa shape index (κ1) is 20.1. The van der Waals surface area contributed by atoms with Crippen LogP contribution in [0.2, 0.25) is 0 Å². The highest BCUT2D eigenvalue weighted by molar-refractivity contribution is 7.17. The molecule has 2 aliphatic heterocycles. The number of thiophene rings is 1. The number of rotatable bonds is 4. The Morgan fingerprint density at radius 3 is 2.89 bits per heavy atom. The molecular formula is C20H26ClN3O2S. The van der Waals surface area contributed by atoms with Crippen molar-refractivity contribution in [1.29, 1.82) is 0 Å². The van der Waals surface area contributed by atoms with Crippen LogP contribution in [0.4, 0.5) is 0 Å². The van der Waals surface area contributed by atoms with Gasteiger partial charge in [0.05, 0.1) is 11.6 Å². The van der Waals surface area contributed by atoms with Crippen LogP contribution < -0.4 is 10.6 Å². The Kier molecular flexibility index (Phi) is 6.73. The number of benzene rings is 1. The maximum atomic E-state index is 13.0. The average Bonchev–Trinajstić information content (AvgIpc) is 3.35. The van der Waals surface area contributed by atoms with Crippen molar-refractivity contribution in [2.45, 2.75) is 31.7 Å². The first-order valence-electron chi connectivity index (χ1n) is 9.49. The number of fused-ring (bicyclic) bond motifs is 1. The number of nitrogens with zero attached hydrogens (tertiary/aromatic N) is 1. The number of likely N-dealkylation sites (tertiary alicyclic amines) is 1. The van der Waals surface area contributed by atoms with E-state index in [-0.39, 0.29) is 30.3 Å². The number of hydrogen-bond acceptors (Lipinski definition) is 4. The summed E-state index contributed by atoms with van der Waals surface area (Å²) >= 11 is 1.62. The molecule has 2 atom stereocenters. The van der Waals surface area contributed by atoms with Crippen molar-refractivity contribution >= 4 is 45.6 Å². The summed E-state index contributed by atoms with van der Waals surface area (Å²) in [6.07, 6.45) is 4.05. The number of amides is 2. The fourth-order valence-corrected chi connectivity index (χ4v) is 4.94. The quantitative estimate of drug-likeness (QED) is 0.818. The van der Waals surface area contributed by atoms with Gasteiger partial charge < -0.3 is 15.5 Å². The molecule has 27 heavy (non-hydrogen) atoms. The Bertz CT molecular complexity index is 803. The van der Waals surface area contributed by atoms with E-state index in [9.17, 15) is 9.59 Å². The highest BCUT2D eigenvalue weighted by atomic mass is 35.5. The fourth-order valence-electron chi connectivity index (χ4n) is 4.01. The zero-order valence-electron chi connectivity index (χ0n) is 15.3. The molecular weight excluding hydrogens is 382 g/mol. The molecule has 4 rings (SSSR count). The smallest absolute Gasteiger partial charge is 0.255 e. The van der Waals surface area contributed by atoms with E-state index in [2.05, 4.69) is 16.7 Å². The third kappa shape index (κ3) is 4.45. The van der Waals surface area contributed by atoms with Crippen LogP contribution in [0.3, 0.4) is 0 Å². The van der Waals surface area contributed by atoms with Gasteiger partial charge in [-0.15, -0.1) is 23.7 Å². The van der Waals surface area contributed by atoms with Crippen LogP contribution in [0, 0.1) is 5.92 Å². The topological polar surface area (TPSA) is 61.4 Å². The second kappa shape index (κ2) is 9.04. The van der Waals surface area contributed by atoms with Gasteiger partial charge in [-0.2, -0.15) is 0 Å². The van der Waals surface area contributed by atoms with Crippen LogP contribution in [0.5, 0.6) is 0 Å². The molecule has 146 valence electrons. The van der Waals surface area contributed by atoms with Crippen LogP contribution in [0.25, 0.3) is 10.1 Å². The van der Waals surface area contributed by atoms with E-state index in [1.807, 2.05) is 28.5 Å². The van der Waals surface area contributed by atoms with Gasteiger partial charge in [0.15, 0.2) is 0 Å². The standard InChI is InChI=1S/C20H25N3O2S.ClH/c24-19(17-7-3-9-21-17)22-11-14-5-4-10-23(12-14)20(25)16-13-26-18-8-2-1-6-15(16)18;/h1-2,6,8,13-14,17,21H,3-5,7,9-12H2,(H,22,24);1H. The molecule has 7 heteroatoms. The van der Waals surface area contributed by atoms with Crippen molar-refractivity contribution in [2.75, 3.05) is 26.2 Å². The second-order valence-electron chi connectivity index (χ2n) is 7.30. The zero-order chi connectivity index (χ0) is 17.9. The largest absolute Gasteiger partial charge is 0.354 e. The SMILES string of the molecule is Cl.O=C(NCC1CCCN(C(=O)c2csc3ccccc23)C1)C1CCCN1. The summed E-state index contributed by atoms with van der Waals surface area (Å²) < 4.78 is 1.15. The molecule has 0 aliphatic carbocycles. The summed E-state index contributed by atoms with van der Waals surface area (Å²) in [5.74, 6) is 0.564. The van der Waals surface area contributed by atoms with Crippen molar-refractivity contribution in [3.05, 3.63) is 35.2 Å². The van der Waals surface area contributed by atoms with E-state index >= 15 is 0 Å². The monoisotopic (exact) mass is 407 g/mol. The number of carbonyl (C=O) groups excluding carboxylic acids is 2. The minimum Gasteiger partial charge on any atom is -0.354 e. The van der Waals surface area contributed by atoms with Crippen LogP contribution in [0.1, 0.15) is 36.0 Å². The van der Waals surface area contributed by atoms with Crippen molar-refractivity contribution in [2.24, 2.45) is 5.92 Å². The van der Waals surface area contributed by atoms with Gasteiger partial charge in [-0.1, -0.05) is 18.2 Å². The van der Waals surface area contributed by atoms with Gasteiger partial charge in [-0.25, -0.2) is 0 Å². The van der Waals surface area contributed by atoms with Gasteiger partial charge >= 0.3 is 0 Å². The summed E-state index contributed by atoms with van der Waals surface area (Å²) in [5.41, 5.74) is 0.811. The fraction of sp³-hybridized carbons (Fsp3) is 0.500. The summed E-state index contributed by atoms with van der Waals surface area (Å²) in [6.45, 7) is 3.11. The third-order valence-corrected chi connectivity index (χ3v) is 6.42. The molecule has 5 nitrogen and oxygen atoms in total. The Morgan fingerprint density at radius 2 is 2.07 bits per heavy atom. The number of nitrogens with one attached hydrogen (secondary N) is 2. The molecule has 2 amide bonds. The molecule has 0 saturated carbocycles. The third-order valence-electron chi connectivity index (χ3n) is 5.46. The van der Waals surface area contributed by atoms with E-state index < -0.39 is 0 Å². The molecule has 2 saturated heterocycles. The highest BCUT2D eigenvalue weighted by Gasteiger charge is 2.27. The number of hydrogen-bond donors (Lipinski definition) is 2. The average molecular weight is 408 g/mol. The first-order chi connectivity index (χ1) is 12.7. The van der Waals surface area contributed by atoms with Crippen LogP contribution in [-0.4, -0.2) is 48.9 Å². The first-order valence-corrected chi connectivity index (χ1v) is 10.4. The summed E-state index contributed by atoms with van der Waals surface area (Å²) in [6, 6.07) is 8.04. The van der Waals surface area contributed by atoms with Crippen molar-refractivity contribution in [1.82, 2.24) is 15.5 Å². The molecule has 2 N–H and O–H groups in total. The molecule has 0 radical (unpaired) electrons. The van der Waals surface area contributed by atoms with Crippen molar-refractivity contribution in [3.8, 4) is 0 Å². The predicted molar refractivity (Wildman–Crippen MR) is 112 cm³/mol. The van der Waals surface area contributed by atoms with Crippen molar-refractivity contribution < 1.29 is 9.59 Å². The van der Waals surface area contributed by atoms with E-state index in [1.54, 1.807) is 11.3 Å². The Morgan fingerprint density at radius 1 is 1.22 bits per heavy atom. The second-order valence-corrected chi connectivity index (χ2v) is 8.21. The molecule has 0 spiro atoms. The van der Waals surface area contributed by atoms with Crippen LogP contribution >= 0.6 is 23.7 Å². The maximum Gasteiger partial charge on any atom is 0.255 e. The number of carbonyl (C=O) groups is 2. The van der Waals surface area contributed by atoms with Gasteiger partial charge in [0.25, 0.3) is 5.91 Å². The normalized spacial score (nSPS) is 22.4. The van der Waals surface area contributed by atoms with E-state index in [4.69, 9.17) is 0 Å². The van der Waals surface area contributed by atoms with Crippen LogP contribution in [-0.2, 0) is 4.79 Å². The maximum absolute atomic E-state index is 13.0. The molecule has 2 aliphatic rings. The lowest BCUT2D eigenvalue weighted by atomic mass is 9.97. The van der Waals surface area contributed by atoms with Crippen molar-refractivity contribution in [3.63, 3.8) is 0 Å². The Hall–Kier alpha value is -1.63. The van der Waals surface area contributed by atoms with Gasteiger partial charge in [0.2, 0.25) is 5.91 Å². The molecule has 3 heterocycles. The number of piperidine rings is 1. The summed E-state index contributed by atoms with van der Waals surface area (Å²) in [7, 11) is 0. The lowest BCUT2D eigenvalue weighted by molar-refractivity contribution is -0.123. The molecule has 0 bridgehead atoms. The molecule has 2 unspecified atom stereocenters. The van der Waals surface area contributed by atoms with Crippen LogP contribution in [0.15, 0.2) is 29.6 Å². The molecule has 1 aromatic heterocycles. The molecule has 1 aromatic carbocycles. The Labute approximate surface area is 169 Å². The summed E-state index contributed by atoms with van der Waals surface area (Å²) in [4.78, 5) is 27.1. The predicted octanol–water partition coefficient (Wildman–Crippen LogP) is 3.04. The highest BCUT2D eigenvalue weighted by Crippen LogP contribution is 2.28.